The van der Waals surface area contributed by atoms with Crippen LogP contribution in [0.2, 0.25) is 0 Å². The number of carbonyl (C=O) groups is 2. The van der Waals surface area contributed by atoms with Gasteiger partial charge in [0, 0.05) is 6.42 Å². The molecule has 0 radical (unpaired) electrons. The molecule has 0 spiro atoms. The molecule has 2 nitrogen and oxygen atoms in total. The predicted molar refractivity (Wildman–Crippen MR) is 59.8 cm³/mol. The summed E-state index contributed by atoms with van der Waals surface area (Å²) in [5.74, 6) is -2.38. The molecule has 0 heterocycles. The van der Waals surface area contributed by atoms with E-state index >= 15 is 0 Å². The standard InChI is InChI=1S/C13H14F2O2/c1-2-3-4-10(16)8-13(17)11-7-9(14)5-6-12(11)15/h5-7H,2-4,8H2,1H3. The second kappa shape index (κ2) is 6.23. The molecule has 4 heteroatoms. The van der Waals surface area contributed by atoms with Crippen LogP contribution in [0.25, 0.3) is 0 Å². The summed E-state index contributed by atoms with van der Waals surface area (Å²) in [6, 6.07) is 2.65. The van der Waals surface area contributed by atoms with E-state index in [1.165, 1.54) is 0 Å². The highest BCUT2D eigenvalue weighted by Crippen LogP contribution is 2.13. The molecule has 17 heavy (non-hydrogen) atoms. The fourth-order valence-corrected chi connectivity index (χ4v) is 1.45. The summed E-state index contributed by atoms with van der Waals surface area (Å²) in [7, 11) is 0. The Morgan fingerprint density at radius 2 is 1.94 bits per heavy atom. The maximum absolute atomic E-state index is 13.2. The lowest BCUT2D eigenvalue weighted by Gasteiger charge is -2.02. The molecule has 0 aliphatic rings. The maximum atomic E-state index is 13.2. The summed E-state index contributed by atoms with van der Waals surface area (Å²) >= 11 is 0. The van der Waals surface area contributed by atoms with Crippen molar-refractivity contribution in [2.75, 3.05) is 0 Å². The van der Waals surface area contributed by atoms with Gasteiger partial charge in [-0.1, -0.05) is 13.3 Å². The zero-order valence-electron chi connectivity index (χ0n) is 9.63. The molecular formula is C13H14F2O2. The van der Waals surface area contributed by atoms with Gasteiger partial charge in [0.1, 0.15) is 17.4 Å². The van der Waals surface area contributed by atoms with Crippen LogP contribution in [0.3, 0.4) is 0 Å². The highest BCUT2D eigenvalue weighted by Gasteiger charge is 2.16. The molecule has 0 saturated heterocycles. The van der Waals surface area contributed by atoms with Gasteiger partial charge in [0.15, 0.2) is 5.78 Å². The number of hydrogen-bond donors (Lipinski definition) is 0. The zero-order valence-corrected chi connectivity index (χ0v) is 9.63. The van der Waals surface area contributed by atoms with E-state index in [1.807, 2.05) is 6.92 Å². The third-order valence-corrected chi connectivity index (χ3v) is 2.40. The number of ketones is 2. The van der Waals surface area contributed by atoms with Crippen molar-refractivity contribution in [1.29, 1.82) is 0 Å². The molecule has 0 atom stereocenters. The van der Waals surface area contributed by atoms with Crippen molar-refractivity contribution < 1.29 is 18.4 Å². The van der Waals surface area contributed by atoms with Crippen molar-refractivity contribution in [3.05, 3.63) is 35.4 Å². The lowest BCUT2D eigenvalue weighted by molar-refractivity contribution is -0.118. The van der Waals surface area contributed by atoms with Crippen molar-refractivity contribution in [3.63, 3.8) is 0 Å². The lowest BCUT2D eigenvalue weighted by atomic mass is 10.0. The average molecular weight is 240 g/mol. The van der Waals surface area contributed by atoms with Crippen molar-refractivity contribution in [3.8, 4) is 0 Å². The van der Waals surface area contributed by atoms with Crippen LogP contribution in [0.15, 0.2) is 18.2 Å². The minimum atomic E-state index is -0.792. The largest absolute Gasteiger partial charge is 0.299 e. The molecule has 0 unspecified atom stereocenters. The molecule has 1 aromatic rings. The van der Waals surface area contributed by atoms with Crippen LogP contribution in [0.5, 0.6) is 0 Å². The van der Waals surface area contributed by atoms with Gasteiger partial charge in [-0.3, -0.25) is 9.59 Å². The Labute approximate surface area is 98.6 Å². The molecule has 0 aliphatic carbocycles. The average Bonchev–Trinajstić information content (AvgIpc) is 2.29. The smallest absolute Gasteiger partial charge is 0.173 e. The number of benzene rings is 1. The first-order valence-electron chi connectivity index (χ1n) is 5.54. The Bertz CT molecular complexity index is 427. The van der Waals surface area contributed by atoms with Gasteiger partial charge < -0.3 is 0 Å². The van der Waals surface area contributed by atoms with E-state index in [-0.39, 0.29) is 17.8 Å². The van der Waals surface area contributed by atoms with Gasteiger partial charge in [0.2, 0.25) is 0 Å². The van der Waals surface area contributed by atoms with E-state index in [2.05, 4.69) is 0 Å². The molecule has 0 N–H and O–H groups in total. The summed E-state index contributed by atoms with van der Waals surface area (Å²) in [5, 5.41) is 0. The van der Waals surface area contributed by atoms with Gasteiger partial charge in [0.25, 0.3) is 0 Å². The van der Waals surface area contributed by atoms with Crippen LogP contribution in [-0.2, 0) is 4.79 Å². The summed E-state index contributed by atoms with van der Waals surface area (Å²) < 4.78 is 26.1. The lowest BCUT2D eigenvalue weighted by Crippen LogP contribution is -2.10. The van der Waals surface area contributed by atoms with Crippen LogP contribution >= 0.6 is 0 Å². The van der Waals surface area contributed by atoms with Gasteiger partial charge in [-0.2, -0.15) is 0 Å². The quantitative estimate of drug-likeness (QED) is 0.564. The number of hydrogen-bond acceptors (Lipinski definition) is 2. The van der Waals surface area contributed by atoms with E-state index in [4.69, 9.17) is 0 Å². The van der Waals surface area contributed by atoms with Gasteiger partial charge >= 0.3 is 0 Å². The van der Waals surface area contributed by atoms with E-state index < -0.39 is 17.4 Å². The number of Topliss-reactive ketones (excluding diaryl/α,β-unsaturated/α-hetero) is 2. The Balaban J connectivity index is 2.69. The third kappa shape index (κ3) is 4.06. The van der Waals surface area contributed by atoms with Crippen LogP contribution in [0.1, 0.15) is 43.0 Å². The second-order valence-electron chi connectivity index (χ2n) is 3.87. The molecular weight excluding hydrogens is 226 g/mol. The predicted octanol–water partition coefficient (Wildman–Crippen LogP) is 3.30. The van der Waals surface area contributed by atoms with Gasteiger partial charge in [-0.15, -0.1) is 0 Å². The van der Waals surface area contributed by atoms with Gasteiger partial charge in [0.05, 0.1) is 12.0 Å². The third-order valence-electron chi connectivity index (χ3n) is 2.40. The fourth-order valence-electron chi connectivity index (χ4n) is 1.45. The number of halogens is 2. The Morgan fingerprint density at radius 1 is 1.24 bits per heavy atom. The minimum absolute atomic E-state index is 0.236. The molecule has 1 aromatic carbocycles. The molecule has 1 rings (SSSR count). The normalized spacial score (nSPS) is 10.3. The first-order valence-corrected chi connectivity index (χ1v) is 5.54. The highest BCUT2D eigenvalue weighted by atomic mass is 19.1. The summed E-state index contributed by atoms with van der Waals surface area (Å²) in [6.45, 7) is 1.93. The van der Waals surface area contributed by atoms with E-state index in [0.29, 0.717) is 12.8 Å². The summed E-state index contributed by atoms with van der Waals surface area (Å²) in [4.78, 5) is 22.9. The van der Waals surface area contributed by atoms with Gasteiger partial charge in [-0.05, 0) is 24.6 Å². The second-order valence-corrected chi connectivity index (χ2v) is 3.87. The minimum Gasteiger partial charge on any atom is -0.299 e. The molecule has 0 aliphatic heterocycles. The fraction of sp³-hybridized carbons (Fsp3) is 0.385. The van der Waals surface area contributed by atoms with Crippen LogP contribution in [0.4, 0.5) is 8.78 Å². The monoisotopic (exact) mass is 240 g/mol. The molecule has 92 valence electrons. The maximum Gasteiger partial charge on any atom is 0.173 e. The molecule has 0 fully saturated rings. The van der Waals surface area contributed by atoms with Crippen LogP contribution in [0, 0.1) is 11.6 Å². The topological polar surface area (TPSA) is 34.1 Å². The SMILES string of the molecule is CCCCC(=O)CC(=O)c1cc(F)ccc1F. The first-order chi connectivity index (χ1) is 8.04. The molecule has 0 amide bonds. The van der Waals surface area contributed by atoms with E-state index in [1.54, 1.807) is 0 Å². The summed E-state index contributed by atoms with van der Waals surface area (Å²) in [5.41, 5.74) is -0.352. The number of carbonyl (C=O) groups excluding carboxylic acids is 2. The van der Waals surface area contributed by atoms with Crippen LogP contribution in [-0.4, -0.2) is 11.6 Å². The Kier molecular flexibility index (Phi) is 4.94. The Morgan fingerprint density at radius 3 is 2.59 bits per heavy atom. The molecule has 0 saturated carbocycles. The van der Waals surface area contributed by atoms with E-state index in [0.717, 1.165) is 24.6 Å². The van der Waals surface area contributed by atoms with Gasteiger partial charge in [-0.25, -0.2) is 8.78 Å². The number of unbranched alkanes of at least 4 members (excludes halogenated alkanes) is 1. The zero-order chi connectivity index (χ0) is 12.8. The first kappa shape index (κ1) is 13.5. The highest BCUT2D eigenvalue weighted by molar-refractivity contribution is 6.08. The molecule has 0 aromatic heterocycles. The van der Waals surface area contributed by atoms with Crippen LogP contribution < -0.4 is 0 Å². The summed E-state index contributed by atoms with van der Waals surface area (Å²) in [6.07, 6.45) is 1.51. The van der Waals surface area contributed by atoms with Crippen molar-refractivity contribution in [1.82, 2.24) is 0 Å². The van der Waals surface area contributed by atoms with Crippen molar-refractivity contribution in [2.24, 2.45) is 0 Å². The molecule has 0 bridgehead atoms. The van der Waals surface area contributed by atoms with Crippen molar-refractivity contribution >= 4 is 11.6 Å². The number of rotatable bonds is 6. The van der Waals surface area contributed by atoms with E-state index in [9.17, 15) is 18.4 Å². The Hall–Kier alpha value is -1.58. The van der Waals surface area contributed by atoms with Crippen molar-refractivity contribution in [2.45, 2.75) is 32.6 Å².